The highest BCUT2D eigenvalue weighted by atomic mass is 19.4. The van der Waals surface area contributed by atoms with Crippen LogP contribution in [-0.2, 0) is 23.6 Å². The van der Waals surface area contributed by atoms with Gasteiger partial charge in [0.25, 0.3) is 5.91 Å². The maximum Gasteiger partial charge on any atom is 0.416 e. The van der Waals surface area contributed by atoms with Gasteiger partial charge >= 0.3 is 12.4 Å². The third kappa shape index (κ3) is 8.31. The van der Waals surface area contributed by atoms with E-state index in [0.29, 0.717) is 43.3 Å². The highest BCUT2D eigenvalue weighted by Gasteiger charge is 2.40. The van der Waals surface area contributed by atoms with Crippen LogP contribution in [0.25, 0.3) is 0 Å². The van der Waals surface area contributed by atoms with Crippen molar-refractivity contribution in [2.45, 2.75) is 69.4 Å². The zero-order valence-electron chi connectivity index (χ0n) is 26.4. The molecule has 3 saturated heterocycles. The van der Waals surface area contributed by atoms with E-state index in [4.69, 9.17) is 0 Å². The SMILES string of the molecule is O=C(C1CC1)N1CCC(N2CCN(CC3CCN(C(=O)c4cc(C(F)(F)F)cc(C(F)(F)F)c4)C(Cc4ccccc4)C3)CC2)CC1. The molecule has 6 nitrogen and oxygen atoms in total. The summed E-state index contributed by atoms with van der Waals surface area (Å²) < 4.78 is 81.4. The summed E-state index contributed by atoms with van der Waals surface area (Å²) in [5.41, 5.74) is -2.61. The van der Waals surface area contributed by atoms with E-state index in [2.05, 4.69) is 9.80 Å². The maximum atomic E-state index is 13.7. The highest BCUT2D eigenvalue weighted by Crippen LogP contribution is 2.38. The first-order valence-electron chi connectivity index (χ1n) is 16.7. The first-order valence-corrected chi connectivity index (χ1v) is 16.7. The molecule has 6 rings (SSSR count). The molecule has 1 aliphatic carbocycles. The molecule has 12 heteroatoms. The minimum Gasteiger partial charge on any atom is -0.342 e. The van der Waals surface area contributed by atoms with Crippen molar-refractivity contribution in [3.05, 3.63) is 70.8 Å². The Morgan fingerprint density at radius 3 is 1.91 bits per heavy atom. The van der Waals surface area contributed by atoms with Gasteiger partial charge in [0.05, 0.1) is 11.1 Å². The second-order valence-electron chi connectivity index (χ2n) is 13.7. The van der Waals surface area contributed by atoms with Gasteiger partial charge in [0.2, 0.25) is 5.91 Å². The van der Waals surface area contributed by atoms with Crippen molar-refractivity contribution >= 4 is 11.8 Å². The molecule has 2 amide bonds. The molecule has 4 aliphatic rings. The van der Waals surface area contributed by atoms with Gasteiger partial charge in [0.15, 0.2) is 0 Å². The van der Waals surface area contributed by atoms with Gasteiger partial charge in [-0.2, -0.15) is 26.3 Å². The number of hydrogen-bond acceptors (Lipinski definition) is 4. The van der Waals surface area contributed by atoms with E-state index in [9.17, 15) is 35.9 Å². The number of benzene rings is 2. The number of likely N-dealkylation sites (tertiary alicyclic amines) is 2. The van der Waals surface area contributed by atoms with E-state index in [-0.39, 0.29) is 30.5 Å². The number of rotatable bonds is 7. The molecule has 0 N–H and O–H groups in total. The summed E-state index contributed by atoms with van der Waals surface area (Å²) in [6.07, 6.45) is -4.29. The fourth-order valence-corrected chi connectivity index (χ4v) is 7.61. The van der Waals surface area contributed by atoms with Crippen molar-refractivity contribution in [3.8, 4) is 0 Å². The van der Waals surface area contributed by atoms with E-state index < -0.39 is 35.0 Å². The average Bonchev–Trinajstić information content (AvgIpc) is 3.90. The van der Waals surface area contributed by atoms with E-state index in [1.165, 1.54) is 4.90 Å². The summed E-state index contributed by atoms with van der Waals surface area (Å²) in [5, 5.41) is 0. The number of carbonyl (C=O) groups is 2. The first kappa shape index (κ1) is 33.8. The van der Waals surface area contributed by atoms with Crippen molar-refractivity contribution in [3.63, 3.8) is 0 Å². The maximum absolute atomic E-state index is 13.7. The molecule has 256 valence electrons. The molecule has 47 heavy (non-hydrogen) atoms. The van der Waals surface area contributed by atoms with Crippen LogP contribution in [-0.4, -0.2) is 95.9 Å². The molecule has 0 bridgehead atoms. The van der Waals surface area contributed by atoms with Crippen LogP contribution in [0.15, 0.2) is 48.5 Å². The molecular weight excluding hydrogens is 622 g/mol. The highest BCUT2D eigenvalue weighted by molar-refractivity contribution is 5.95. The van der Waals surface area contributed by atoms with Crippen molar-refractivity contribution < 1.29 is 35.9 Å². The Bertz CT molecular complexity index is 1360. The second kappa shape index (κ2) is 13.8. The number of carbonyl (C=O) groups excluding carboxylic acids is 2. The number of piperazine rings is 1. The van der Waals surface area contributed by atoms with Gasteiger partial charge in [-0.25, -0.2) is 0 Å². The lowest BCUT2D eigenvalue weighted by Crippen LogP contribution is -2.55. The normalized spacial score (nSPS) is 24.0. The van der Waals surface area contributed by atoms with Gasteiger partial charge in [-0.05, 0) is 74.6 Å². The summed E-state index contributed by atoms with van der Waals surface area (Å²) >= 11 is 0. The number of halogens is 6. The standard InChI is InChI=1S/C35H42F6N4O2/c36-34(37,38)28-20-27(21-29(22-28)35(39,40)41)33(47)45-13-8-25(19-31(45)18-24-4-2-1-3-5-24)23-42-14-16-43(17-15-42)30-9-11-44(12-10-30)32(46)26-6-7-26/h1-5,20-22,25-26,30-31H,6-19,23H2. The fourth-order valence-electron chi connectivity index (χ4n) is 7.61. The fraction of sp³-hybridized carbons (Fsp3) is 0.600. The second-order valence-corrected chi connectivity index (χ2v) is 13.7. The Morgan fingerprint density at radius 1 is 0.723 bits per heavy atom. The van der Waals surface area contributed by atoms with E-state index >= 15 is 0 Å². The predicted octanol–water partition coefficient (Wildman–Crippen LogP) is 6.21. The summed E-state index contributed by atoms with van der Waals surface area (Å²) in [6.45, 7) is 6.47. The van der Waals surface area contributed by atoms with Gasteiger partial charge in [0.1, 0.15) is 0 Å². The quantitative estimate of drug-likeness (QED) is 0.331. The number of amides is 2. The van der Waals surface area contributed by atoms with Crippen LogP contribution in [0.2, 0.25) is 0 Å². The first-order chi connectivity index (χ1) is 22.3. The summed E-state index contributed by atoms with van der Waals surface area (Å²) in [4.78, 5) is 34.6. The third-order valence-electron chi connectivity index (χ3n) is 10.4. The van der Waals surface area contributed by atoms with Gasteiger partial charge in [-0.15, -0.1) is 0 Å². The van der Waals surface area contributed by atoms with Crippen LogP contribution in [0.3, 0.4) is 0 Å². The zero-order valence-corrected chi connectivity index (χ0v) is 26.4. The van der Waals surface area contributed by atoms with Gasteiger partial charge in [-0.3, -0.25) is 14.5 Å². The van der Waals surface area contributed by atoms with Crippen molar-refractivity contribution in [1.29, 1.82) is 0 Å². The Balaban J connectivity index is 1.09. The summed E-state index contributed by atoms with van der Waals surface area (Å²) in [6, 6.07) is 10.7. The largest absolute Gasteiger partial charge is 0.416 e. The topological polar surface area (TPSA) is 47.1 Å². The average molecular weight is 665 g/mol. The number of nitrogens with zero attached hydrogens (tertiary/aromatic N) is 4. The Labute approximate surface area is 271 Å². The molecular formula is C35H42F6N4O2. The lowest BCUT2D eigenvalue weighted by molar-refractivity contribution is -0.143. The lowest BCUT2D eigenvalue weighted by Gasteiger charge is -2.45. The Kier molecular flexibility index (Phi) is 9.90. The molecule has 3 aliphatic heterocycles. The minimum absolute atomic E-state index is 0.0588. The van der Waals surface area contributed by atoms with Crippen LogP contribution < -0.4 is 0 Å². The summed E-state index contributed by atoms with van der Waals surface area (Å²) in [5.74, 6) is 0.0189. The van der Waals surface area contributed by atoms with E-state index in [0.717, 1.165) is 77.1 Å². The molecule has 4 fully saturated rings. The van der Waals surface area contributed by atoms with Gasteiger partial charge in [-0.1, -0.05) is 30.3 Å². The number of hydrogen-bond donors (Lipinski definition) is 0. The van der Waals surface area contributed by atoms with Crippen molar-refractivity contribution in [2.75, 3.05) is 52.4 Å². The molecule has 2 atom stereocenters. The molecule has 2 aromatic rings. The van der Waals surface area contributed by atoms with E-state index in [1.807, 2.05) is 35.2 Å². The monoisotopic (exact) mass is 664 g/mol. The zero-order chi connectivity index (χ0) is 33.3. The molecule has 3 heterocycles. The third-order valence-corrected chi connectivity index (χ3v) is 10.4. The van der Waals surface area contributed by atoms with Crippen LogP contribution in [0.4, 0.5) is 26.3 Å². The van der Waals surface area contributed by atoms with E-state index in [1.54, 1.807) is 0 Å². The molecule has 1 saturated carbocycles. The minimum atomic E-state index is -5.02. The molecule has 2 aromatic carbocycles. The number of alkyl halides is 6. The van der Waals surface area contributed by atoms with Crippen LogP contribution in [0, 0.1) is 11.8 Å². The summed E-state index contributed by atoms with van der Waals surface area (Å²) in [7, 11) is 0. The van der Waals surface area contributed by atoms with Crippen molar-refractivity contribution in [1.82, 2.24) is 19.6 Å². The smallest absolute Gasteiger partial charge is 0.342 e. The van der Waals surface area contributed by atoms with Gasteiger partial charge in [0, 0.05) is 75.9 Å². The Morgan fingerprint density at radius 2 is 1.34 bits per heavy atom. The van der Waals surface area contributed by atoms with Crippen LogP contribution >= 0.6 is 0 Å². The predicted molar refractivity (Wildman–Crippen MR) is 164 cm³/mol. The molecule has 0 radical (unpaired) electrons. The molecule has 0 aromatic heterocycles. The van der Waals surface area contributed by atoms with Crippen LogP contribution in [0.1, 0.15) is 65.6 Å². The van der Waals surface area contributed by atoms with Gasteiger partial charge < -0.3 is 14.7 Å². The van der Waals surface area contributed by atoms with Crippen molar-refractivity contribution in [2.24, 2.45) is 11.8 Å². The van der Waals surface area contributed by atoms with Crippen LogP contribution in [0.5, 0.6) is 0 Å². The Hall–Kier alpha value is -3.12. The molecule has 2 unspecified atom stereocenters. The lowest BCUT2D eigenvalue weighted by atomic mass is 9.86. The molecule has 0 spiro atoms. The number of piperidine rings is 2.